The summed E-state index contributed by atoms with van der Waals surface area (Å²) in [6.45, 7) is 2.65. The lowest BCUT2D eigenvalue weighted by atomic mass is 9.55. The molecule has 2 amide bonds. The van der Waals surface area contributed by atoms with E-state index in [4.69, 9.17) is 5.11 Å². The number of rotatable bonds is 7. The molecule has 4 aliphatic carbocycles. The van der Waals surface area contributed by atoms with Crippen LogP contribution >= 0.6 is 0 Å². The first kappa shape index (κ1) is 21.8. The highest BCUT2D eigenvalue weighted by atomic mass is 16.3. The number of pyridine rings is 1. The highest BCUT2D eigenvalue weighted by Crippen LogP contribution is 2.78. The molecule has 186 valence electrons. The van der Waals surface area contributed by atoms with E-state index in [-0.39, 0.29) is 29.9 Å². The zero-order chi connectivity index (χ0) is 23.8. The molecule has 3 N–H and O–H groups in total. The molecule has 8 nitrogen and oxygen atoms in total. The predicted octanol–water partition coefficient (Wildman–Crippen LogP) is 2.08. The first-order valence-electron chi connectivity index (χ1n) is 13.4. The van der Waals surface area contributed by atoms with Gasteiger partial charge in [0.2, 0.25) is 0 Å². The summed E-state index contributed by atoms with van der Waals surface area (Å²) in [5.74, 6) is 2.53. The van der Waals surface area contributed by atoms with E-state index < -0.39 is 0 Å². The van der Waals surface area contributed by atoms with Gasteiger partial charge in [0.25, 0.3) is 11.8 Å². The van der Waals surface area contributed by atoms with Crippen molar-refractivity contribution in [3.8, 4) is 0 Å². The van der Waals surface area contributed by atoms with Crippen LogP contribution in [0.1, 0.15) is 65.9 Å². The van der Waals surface area contributed by atoms with E-state index in [1.807, 2.05) is 18.2 Å². The number of hydrogen-bond acceptors (Lipinski definition) is 5. The van der Waals surface area contributed by atoms with Crippen molar-refractivity contribution in [2.24, 2.45) is 28.6 Å². The molecule has 3 heterocycles. The highest BCUT2D eigenvalue weighted by molar-refractivity contribution is 5.95. The molecule has 0 radical (unpaired) electrons. The molecule has 2 aromatic rings. The molecule has 5 aliphatic rings. The van der Waals surface area contributed by atoms with Crippen LogP contribution in [0.15, 0.2) is 24.4 Å². The van der Waals surface area contributed by atoms with Crippen LogP contribution in [0.25, 0.3) is 5.65 Å². The molecule has 2 aromatic heterocycles. The van der Waals surface area contributed by atoms with Gasteiger partial charge < -0.3 is 20.6 Å². The van der Waals surface area contributed by atoms with E-state index >= 15 is 0 Å². The van der Waals surface area contributed by atoms with Gasteiger partial charge >= 0.3 is 0 Å². The fourth-order valence-electron chi connectivity index (χ4n) is 8.94. The van der Waals surface area contributed by atoms with Gasteiger partial charge in [0.1, 0.15) is 17.0 Å². The maximum Gasteiger partial charge on any atom is 0.274 e. The number of hydrogen-bond donors (Lipinski definition) is 3. The number of aromatic nitrogens is 2. The Kier molecular flexibility index (Phi) is 4.84. The fraction of sp³-hybridized carbons (Fsp3) is 0.667. The summed E-state index contributed by atoms with van der Waals surface area (Å²) in [4.78, 5) is 32.8. The van der Waals surface area contributed by atoms with Crippen molar-refractivity contribution in [2.75, 3.05) is 32.8 Å². The molecule has 5 fully saturated rings. The van der Waals surface area contributed by atoms with Gasteiger partial charge in [-0.1, -0.05) is 6.07 Å². The molecule has 6 atom stereocenters. The number of imidazole rings is 1. The monoisotopic (exact) mass is 477 g/mol. The van der Waals surface area contributed by atoms with Gasteiger partial charge in [0.15, 0.2) is 0 Å². The van der Waals surface area contributed by atoms with E-state index in [2.05, 4.69) is 15.6 Å². The van der Waals surface area contributed by atoms with Gasteiger partial charge in [0, 0.05) is 38.4 Å². The van der Waals surface area contributed by atoms with Gasteiger partial charge in [-0.25, -0.2) is 4.98 Å². The number of carbonyl (C=O) groups excluding carboxylic acids is 2. The standard InChI is InChI=1S/C27H35N5O3/c33-7-5-28-20-4-6-31(13-20)25(35)21-14-32-22(2-1-3-23(32)30-21)24(34)29-16-26-10-17-8-18-9-19(12-26)27(18,11-17)15-26/h1-3,14,17-20,28,33H,4-13,15-16H2,(H,29,34)/t17?,18?,19?,20-,26?,27?/m1/s1. The number of likely N-dealkylation sites (tertiary alicyclic amines) is 1. The van der Waals surface area contributed by atoms with Crippen molar-refractivity contribution in [1.29, 1.82) is 0 Å². The Morgan fingerprint density at radius 2 is 2.09 bits per heavy atom. The molecule has 7 rings (SSSR count). The quantitative estimate of drug-likeness (QED) is 0.567. The van der Waals surface area contributed by atoms with Crippen LogP contribution in [0.3, 0.4) is 0 Å². The second kappa shape index (κ2) is 7.77. The fourth-order valence-corrected chi connectivity index (χ4v) is 8.94. The molecule has 5 unspecified atom stereocenters. The predicted molar refractivity (Wildman–Crippen MR) is 130 cm³/mol. The molecule has 1 aliphatic heterocycles. The highest BCUT2D eigenvalue weighted by Gasteiger charge is 2.70. The smallest absolute Gasteiger partial charge is 0.274 e. The van der Waals surface area contributed by atoms with Crippen molar-refractivity contribution < 1.29 is 14.7 Å². The minimum Gasteiger partial charge on any atom is -0.395 e. The van der Waals surface area contributed by atoms with Gasteiger partial charge in [-0.3, -0.25) is 14.0 Å². The van der Waals surface area contributed by atoms with Crippen molar-refractivity contribution in [1.82, 2.24) is 24.9 Å². The van der Waals surface area contributed by atoms with Crippen LogP contribution in [0.4, 0.5) is 0 Å². The summed E-state index contributed by atoms with van der Waals surface area (Å²) in [5.41, 5.74) is 2.42. The van der Waals surface area contributed by atoms with E-state index in [0.717, 1.165) is 30.7 Å². The van der Waals surface area contributed by atoms with Crippen molar-refractivity contribution in [3.63, 3.8) is 0 Å². The molecule has 1 saturated heterocycles. The van der Waals surface area contributed by atoms with E-state index in [1.54, 1.807) is 15.5 Å². The summed E-state index contributed by atoms with van der Waals surface area (Å²) in [7, 11) is 0. The normalized spacial score (nSPS) is 36.5. The zero-order valence-corrected chi connectivity index (χ0v) is 20.2. The third kappa shape index (κ3) is 3.29. The van der Waals surface area contributed by atoms with Crippen LogP contribution < -0.4 is 10.6 Å². The van der Waals surface area contributed by atoms with Crippen molar-refractivity contribution >= 4 is 17.5 Å². The van der Waals surface area contributed by atoms with Gasteiger partial charge in [-0.15, -0.1) is 0 Å². The Balaban J connectivity index is 1.06. The number of aliphatic hydroxyl groups excluding tert-OH is 1. The molecule has 3 bridgehead atoms. The molecule has 4 saturated carbocycles. The van der Waals surface area contributed by atoms with Crippen LogP contribution in [0.5, 0.6) is 0 Å². The second-order valence-corrected chi connectivity index (χ2v) is 12.1. The summed E-state index contributed by atoms with van der Waals surface area (Å²) in [6, 6.07) is 5.70. The van der Waals surface area contributed by atoms with Crippen LogP contribution in [-0.4, -0.2) is 70.0 Å². The lowest BCUT2D eigenvalue weighted by Gasteiger charge is -2.49. The number of amides is 2. The Hall–Kier alpha value is -2.45. The van der Waals surface area contributed by atoms with Gasteiger partial charge in [-0.05, 0) is 85.7 Å². The summed E-state index contributed by atoms with van der Waals surface area (Å²) < 4.78 is 1.76. The molecule has 35 heavy (non-hydrogen) atoms. The lowest BCUT2D eigenvalue weighted by molar-refractivity contribution is -0.00254. The topological polar surface area (TPSA) is 99.0 Å². The van der Waals surface area contributed by atoms with Crippen LogP contribution in [0.2, 0.25) is 0 Å². The van der Waals surface area contributed by atoms with Crippen LogP contribution in [-0.2, 0) is 0 Å². The summed E-state index contributed by atoms with van der Waals surface area (Å²) in [5, 5.41) is 15.6. The van der Waals surface area contributed by atoms with Gasteiger partial charge in [-0.2, -0.15) is 0 Å². The Morgan fingerprint density at radius 1 is 1.17 bits per heavy atom. The number of carbonyl (C=O) groups is 2. The minimum atomic E-state index is -0.111. The maximum absolute atomic E-state index is 13.3. The average molecular weight is 478 g/mol. The van der Waals surface area contributed by atoms with Gasteiger partial charge in [0.05, 0.1) is 6.61 Å². The first-order valence-corrected chi connectivity index (χ1v) is 13.4. The number of nitrogens with one attached hydrogen (secondary N) is 2. The Labute approximate surface area is 205 Å². The number of fused-ring (bicyclic) bond motifs is 3. The molecular weight excluding hydrogens is 442 g/mol. The molecule has 8 heteroatoms. The van der Waals surface area contributed by atoms with E-state index in [0.29, 0.717) is 42.1 Å². The SMILES string of the molecule is O=C(NCC12CC3CC4CC(C1)C4(C3)C2)c1cccc2nc(C(=O)N3CC[C@@H](NCCO)C3)cn12. The van der Waals surface area contributed by atoms with E-state index in [9.17, 15) is 9.59 Å². The summed E-state index contributed by atoms with van der Waals surface area (Å²) in [6.07, 6.45) is 10.7. The number of nitrogens with zero attached hydrogens (tertiary/aromatic N) is 3. The molecule has 1 spiro atoms. The maximum atomic E-state index is 13.3. The third-order valence-electron chi connectivity index (χ3n) is 10.2. The zero-order valence-electron chi connectivity index (χ0n) is 20.2. The van der Waals surface area contributed by atoms with Crippen molar-refractivity contribution in [3.05, 3.63) is 35.8 Å². The minimum absolute atomic E-state index is 0.0815. The number of aliphatic hydroxyl groups is 1. The first-order chi connectivity index (χ1) is 17.0. The summed E-state index contributed by atoms with van der Waals surface area (Å²) >= 11 is 0. The average Bonchev–Trinajstić information content (AvgIpc) is 3.58. The Morgan fingerprint density at radius 3 is 2.97 bits per heavy atom. The molecule has 0 aromatic carbocycles. The van der Waals surface area contributed by atoms with Crippen molar-refractivity contribution in [2.45, 2.75) is 51.0 Å². The lowest BCUT2D eigenvalue weighted by Crippen LogP contribution is -2.43. The Bertz CT molecular complexity index is 1190. The van der Waals surface area contributed by atoms with E-state index in [1.165, 1.54) is 38.5 Å². The molecular formula is C27H35N5O3. The van der Waals surface area contributed by atoms with Crippen LogP contribution in [0, 0.1) is 28.6 Å². The third-order valence-corrected chi connectivity index (χ3v) is 10.2. The second-order valence-electron chi connectivity index (χ2n) is 12.1. The largest absolute Gasteiger partial charge is 0.395 e.